The van der Waals surface area contributed by atoms with E-state index in [-0.39, 0.29) is 11.8 Å². The number of amides is 2. The van der Waals surface area contributed by atoms with Crippen LogP contribution in [-0.4, -0.2) is 23.8 Å². The molecule has 1 aromatic heterocycles. The number of anilines is 1. The Morgan fingerprint density at radius 1 is 1.00 bits per heavy atom. The van der Waals surface area contributed by atoms with Gasteiger partial charge in [-0.05, 0) is 36.4 Å². The van der Waals surface area contributed by atoms with Crippen molar-refractivity contribution in [1.82, 2.24) is 10.3 Å². The van der Waals surface area contributed by atoms with Crippen LogP contribution in [0.4, 0.5) is 5.69 Å². The van der Waals surface area contributed by atoms with E-state index in [2.05, 4.69) is 15.6 Å². The van der Waals surface area contributed by atoms with Gasteiger partial charge < -0.3 is 10.6 Å². The first-order valence-electron chi connectivity index (χ1n) is 7.82. The van der Waals surface area contributed by atoms with Crippen molar-refractivity contribution in [3.63, 3.8) is 0 Å². The molecule has 2 N–H and O–H groups in total. The molecule has 0 aliphatic carbocycles. The molecule has 3 aromatic rings. The van der Waals surface area contributed by atoms with Crippen LogP contribution in [0, 0.1) is 0 Å². The Balaban J connectivity index is 1.71. The van der Waals surface area contributed by atoms with Crippen LogP contribution in [0.2, 0.25) is 0 Å². The number of benzene rings is 2. The number of nitrogens with one attached hydrogen (secondary N) is 2. The van der Waals surface area contributed by atoms with Gasteiger partial charge >= 0.3 is 0 Å². The van der Waals surface area contributed by atoms with Crippen LogP contribution in [0.1, 0.15) is 15.9 Å². The molecule has 124 valence electrons. The predicted octanol–water partition coefficient (Wildman–Crippen LogP) is 3.25. The highest BCUT2D eigenvalue weighted by Gasteiger charge is 2.04. The van der Waals surface area contributed by atoms with E-state index in [1.807, 2.05) is 30.3 Å². The first kappa shape index (κ1) is 16.4. The summed E-state index contributed by atoms with van der Waals surface area (Å²) in [6.45, 7) is 0. The lowest BCUT2D eigenvalue weighted by atomic mass is 10.1. The van der Waals surface area contributed by atoms with Gasteiger partial charge in [-0.15, -0.1) is 0 Å². The topological polar surface area (TPSA) is 71.1 Å². The van der Waals surface area contributed by atoms with Crippen molar-refractivity contribution in [2.75, 3.05) is 12.4 Å². The van der Waals surface area contributed by atoms with E-state index in [4.69, 9.17) is 0 Å². The van der Waals surface area contributed by atoms with Gasteiger partial charge in [-0.2, -0.15) is 0 Å². The standard InChI is InChI=1S/C20H17N3O2/c1-21-20(25)16-7-10-17(11-8-16)23-18(24)12-9-15-5-2-4-14-6-3-13-22-19(14)15/h2-13H,1H3,(H,21,25)(H,23,24)/b12-9+. The normalized spacial score (nSPS) is 10.8. The minimum Gasteiger partial charge on any atom is -0.355 e. The second-order valence-corrected chi connectivity index (χ2v) is 5.40. The Labute approximate surface area is 145 Å². The van der Waals surface area contributed by atoms with Gasteiger partial charge in [0.15, 0.2) is 0 Å². The van der Waals surface area contributed by atoms with Crippen LogP contribution in [0.3, 0.4) is 0 Å². The van der Waals surface area contributed by atoms with Gasteiger partial charge in [-0.3, -0.25) is 14.6 Å². The van der Waals surface area contributed by atoms with Crippen molar-refractivity contribution in [1.29, 1.82) is 0 Å². The number of carbonyl (C=O) groups is 2. The fraction of sp³-hybridized carbons (Fsp3) is 0.0500. The summed E-state index contributed by atoms with van der Waals surface area (Å²) in [6.07, 6.45) is 4.94. The van der Waals surface area contributed by atoms with Crippen LogP contribution in [0.5, 0.6) is 0 Å². The molecule has 25 heavy (non-hydrogen) atoms. The molecule has 0 atom stereocenters. The molecule has 5 nitrogen and oxygen atoms in total. The third-order valence-corrected chi connectivity index (χ3v) is 3.72. The third-order valence-electron chi connectivity index (χ3n) is 3.72. The van der Waals surface area contributed by atoms with E-state index < -0.39 is 0 Å². The summed E-state index contributed by atoms with van der Waals surface area (Å²) in [4.78, 5) is 28.0. The van der Waals surface area contributed by atoms with Crippen molar-refractivity contribution in [2.45, 2.75) is 0 Å². The fourth-order valence-corrected chi connectivity index (χ4v) is 2.46. The molecular weight excluding hydrogens is 314 g/mol. The fourth-order valence-electron chi connectivity index (χ4n) is 2.46. The second kappa shape index (κ2) is 7.40. The van der Waals surface area contributed by atoms with Crippen molar-refractivity contribution in [3.05, 3.63) is 78.0 Å². The molecule has 0 aliphatic heterocycles. The van der Waals surface area contributed by atoms with Gasteiger partial charge in [0.2, 0.25) is 5.91 Å². The van der Waals surface area contributed by atoms with Gasteiger partial charge in [0.1, 0.15) is 0 Å². The van der Waals surface area contributed by atoms with E-state index in [9.17, 15) is 9.59 Å². The third kappa shape index (κ3) is 3.90. The molecule has 0 spiro atoms. The van der Waals surface area contributed by atoms with Crippen LogP contribution in [0.25, 0.3) is 17.0 Å². The lowest BCUT2D eigenvalue weighted by Crippen LogP contribution is -2.17. The predicted molar refractivity (Wildman–Crippen MR) is 99.2 cm³/mol. The molecule has 2 amide bonds. The Hall–Kier alpha value is -3.47. The zero-order chi connectivity index (χ0) is 17.6. The zero-order valence-corrected chi connectivity index (χ0v) is 13.7. The van der Waals surface area contributed by atoms with E-state index in [1.165, 1.54) is 6.08 Å². The quantitative estimate of drug-likeness (QED) is 0.721. The minimum absolute atomic E-state index is 0.166. The summed E-state index contributed by atoms with van der Waals surface area (Å²) in [5.74, 6) is -0.415. The Morgan fingerprint density at radius 3 is 2.52 bits per heavy atom. The smallest absolute Gasteiger partial charge is 0.251 e. The zero-order valence-electron chi connectivity index (χ0n) is 13.7. The summed E-state index contributed by atoms with van der Waals surface area (Å²) >= 11 is 0. The SMILES string of the molecule is CNC(=O)c1ccc(NC(=O)/C=C/c2cccc3cccnc23)cc1. The Morgan fingerprint density at radius 2 is 1.76 bits per heavy atom. The van der Waals surface area contributed by atoms with Crippen molar-refractivity contribution < 1.29 is 9.59 Å². The van der Waals surface area contributed by atoms with Crippen molar-refractivity contribution in [3.8, 4) is 0 Å². The van der Waals surface area contributed by atoms with Gasteiger partial charge in [0.05, 0.1) is 5.52 Å². The minimum atomic E-state index is -0.249. The maximum atomic E-state index is 12.1. The maximum absolute atomic E-state index is 12.1. The molecule has 0 saturated heterocycles. The van der Waals surface area contributed by atoms with E-state index in [0.29, 0.717) is 11.3 Å². The monoisotopic (exact) mass is 331 g/mol. The first-order valence-corrected chi connectivity index (χ1v) is 7.82. The summed E-state index contributed by atoms with van der Waals surface area (Å²) in [5.41, 5.74) is 2.89. The molecule has 5 heteroatoms. The number of fused-ring (bicyclic) bond motifs is 1. The highest BCUT2D eigenvalue weighted by molar-refractivity contribution is 6.03. The van der Waals surface area contributed by atoms with Crippen LogP contribution in [0.15, 0.2) is 66.9 Å². The molecule has 0 unspecified atom stereocenters. The number of nitrogens with zero attached hydrogens (tertiary/aromatic N) is 1. The Kier molecular flexibility index (Phi) is 4.85. The summed E-state index contributed by atoms with van der Waals surface area (Å²) in [6, 6.07) is 16.4. The number of rotatable bonds is 4. The van der Waals surface area contributed by atoms with Gasteiger partial charge in [0.25, 0.3) is 5.91 Å². The summed E-state index contributed by atoms with van der Waals surface area (Å²) in [7, 11) is 1.57. The van der Waals surface area contributed by atoms with Crippen molar-refractivity contribution in [2.24, 2.45) is 0 Å². The molecular formula is C20H17N3O2. The molecule has 0 fully saturated rings. The number of pyridine rings is 1. The average molecular weight is 331 g/mol. The first-order chi connectivity index (χ1) is 12.2. The number of hydrogen-bond donors (Lipinski definition) is 2. The summed E-state index contributed by atoms with van der Waals surface area (Å²) < 4.78 is 0. The van der Waals surface area contributed by atoms with Crippen LogP contribution < -0.4 is 10.6 Å². The highest BCUT2D eigenvalue weighted by atomic mass is 16.2. The Bertz CT molecular complexity index is 941. The largest absolute Gasteiger partial charge is 0.355 e. The number of carbonyl (C=O) groups excluding carboxylic acids is 2. The van der Waals surface area contributed by atoms with Crippen LogP contribution in [-0.2, 0) is 4.79 Å². The maximum Gasteiger partial charge on any atom is 0.251 e. The molecule has 3 rings (SSSR count). The average Bonchev–Trinajstić information content (AvgIpc) is 2.66. The number of para-hydroxylation sites is 1. The highest BCUT2D eigenvalue weighted by Crippen LogP contribution is 2.17. The molecule has 1 heterocycles. The van der Waals surface area contributed by atoms with Gasteiger partial charge in [0, 0.05) is 41.5 Å². The van der Waals surface area contributed by atoms with E-state index in [1.54, 1.807) is 43.6 Å². The lowest BCUT2D eigenvalue weighted by molar-refractivity contribution is -0.111. The van der Waals surface area contributed by atoms with Gasteiger partial charge in [-0.1, -0.05) is 24.3 Å². The van der Waals surface area contributed by atoms with Crippen LogP contribution >= 0.6 is 0 Å². The lowest BCUT2D eigenvalue weighted by Gasteiger charge is -2.04. The molecule has 0 saturated carbocycles. The molecule has 0 bridgehead atoms. The molecule has 0 aliphatic rings. The van der Waals surface area contributed by atoms with E-state index >= 15 is 0 Å². The number of hydrogen-bond acceptors (Lipinski definition) is 3. The second-order valence-electron chi connectivity index (χ2n) is 5.40. The van der Waals surface area contributed by atoms with Gasteiger partial charge in [-0.25, -0.2) is 0 Å². The van der Waals surface area contributed by atoms with E-state index in [0.717, 1.165) is 16.5 Å². The molecule has 0 radical (unpaired) electrons. The van der Waals surface area contributed by atoms with Crippen molar-refractivity contribution >= 4 is 34.5 Å². The number of aromatic nitrogens is 1. The molecule has 2 aromatic carbocycles. The summed E-state index contributed by atoms with van der Waals surface area (Å²) in [5, 5.41) is 6.34.